The molecule has 0 aromatic heterocycles. The van der Waals surface area contributed by atoms with Crippen molar-refractivity contribution < 1.29 is 9.53 Å². The first-order valence-corrected chi connectivity index (χ1v) is 9.90. The highest BCUT2D eigenvalue weighted by Gasteiger charge is 2.29. The van der Waals surface area contributed by atoms with Gasteiger partial charge in [0.25, 0.3) is 0 Å². The summed E-state index contributed by atoms with van der Waals surface area (Å²) in [5, 5.41) is 0. The van der Waals surface area contributed by atoms with Crippen LogP contribution in [0.5, 0.6) is 0 Å². The highest BCUT2D eigenvalue weighted by Crippen LogP contribution is 2.23. The summed E-state index contributed by atoms with van der Waals surface area (Å²) in [4.78, 5) is 14.8. The Bertz CT molecular complexity index is 703. The van der Waals surface area contributed by atoms with E-state index in [1.54, 1.807) is 0 Å². The molecule has 2 aromatic rings. The van der Waals surface area contributed by atoms with Crippen molar-refractivity contribution in [3.05, 3.63) is 71.8 Å². The molecule has 1 amide bonds. The summed E-state index contributed by atoms with van der Waals surface area (Å²) in [5.74, 6) is -0.0722. The fourth-order valence-corrected chi connectivity index (χ4v) is 3.64. The van der Waals surface area contributed by atoms with Gasteiger partial charge in [0.1, 0.15) is 0 Å². The second-order valence-electron chi connectivity index (χ2n) is 7.36. The van der Waals surface area contributed by atoms with E-state index in [9.17, 15) is 4.79 Å². The number of hydrogen-bond donors (Lipinski definition) is 1. The van der Waals surface area contributed by atoms with E-state index in [4.69, 9.17) is 10.5 Å². The number of rotatable bonds is 7. The van der Waals surface area contributed by atoms with Gasteiger partial charge in [0.15, 0.2) is 0 Å². The minimum absolute atomic E-state index is 0. The SMILES string of the molecule is CC(C(=O)N1CCC(OCCc2ccccc2)CC1)C(N)c1ccccc1.Cl. The minimum atomic E-state index is -0.265. The number of carbonyl (C=O) groups is 1. The second-order valence-corrected chi connectivity index (χ2v) is 7.36. The maximum atomic E-state index is 12.8. The molecule has 0 saturated carbocycles. The van der Waals surface area contributed by atoms with Gasteiger partial charge in [0, 0.05) is 19.1 Å². The number of likely N-dealkylation sites (tertiary alicyclic amines) is 1. The van der Waals surface area contributed by atoms with Crippen LogP contribution < -0.4 is 5.73 Å². The first kappa shape index (κ1) is 22.4. The Kier molecular flexibility index (Phi) is 8.97. The number of nitrogens with two attached hydrogens (primary N) is 1. The molecule has 1 aliphatic heterocycles. The van der Waals surface area contributed by atoms with E-state index in [1.165, 1.54) is 5.56 Å². The Morgan fingerprint density at radius 1 is 1.07 bits per heavy atom. The van der Waals surface area contributed by atoms with Crippen molar-refractivity contribution in [2.75, 3.05) is 19.7 Å². The Morgan fingerprint density at radius 3 is 2.25 bits per heavy atom. The largest absolute Gasteiger partial charge is 0.378 e. The lowest BCUT2D eigenvalue weighted by molar-refractivity contribution is -0.138. The predicted octanol–water partition coefficient (Wildman–Crippen LogP) is 3.99. The average Bonchev–Trinajstić information content (AvgIpc) is 2.74. The molecule has 2 aromatic carbocycles. The summed E-state index contributed by atoms with van der Waals surface area (Å²) in [7, 11) is 0. The standard InChI is InChI=1S/C23H30N2O2.ClH/c1-18(22(24)20-10-6-3-7-11-20)23(26)25-15-12-21(13-16-25)27-17-14-19-8-4-2-5-9-19;/h2-11,18,21-22H,12-17,24H2,1H3;1H. The molecule has 28 heavy (non-hydrogen) atoms. The number of ether oxygens (including phenoxy) is 1. The van der Waals surface area contributed by atoms with Crippen LogP contribution in [0.2, 0.25) is 0 Å². The molecular formula is C23H31ClN2O2. The maximum absolute atomic E-state index is 12.8. The van der Waals surface area contributed by atoms with Crippen molar-refractivity contribution in [2.45, 2.75) is 38.3 Å². The number of carbonyl (C=O) groups excluding carboxylic acids is 1. The molecule has 0 radical (unpaired) electrons. The van der Waals surface area contributed by atoms with Crippen LogP contribution in [0.3, 0.4) is 0 Å². The molecule has 1 heterocycles. The van der Waals surface area contributed by atoms with E-state index in [-0.39, 0.29) is 36.4 Å². The van der Waals surface area contributed by atoms with E-state index in [2.05, 4.69) is 24.3 Å². The van der Waals surface area contributed by atoms with E-state index in [0.29, 0.717) is 0 Å². The summed E-state index contributed by atoms with van der Waals surface area (Å²) in [5.41, 5.74) is 8.63. The first-order valence-electron chi connectivity index (χ1n) is 9.90. The van der Waals surface area contributed by atoms with Crippen LogP contribution in [0.4, 0.5) is 0 Å². The Hall–Kier alpha value is -1.88. The third-order valence-corrected chi connectivity index (χ3v) is 5.45. The predicted molar refractivity (Wildman–Crippen MR) is 115 cm³/mol. The van der Waals surface area contributed by atoms with Crippen molar-refractivity contribution in [3.63, 3.8) is 0 Å². The van der Waals surface area contributed by atoms with Crippen molar-refractivity contribution in [1.82, 2.24) is 4.90 Å². The van der Waals surface area contributed by atoms with Gasteiger partial charge in [0.05, 0.1) is 18.6 Å². The zero-order chi connectivity index (χ0) is 19.1. The number of hydrogen-bond acceptors (Lipinski definition) is 3. The van der Waals surface area contributed by atoms with Crippen molar-refractivity contribution in [1.29, 1.82) is 0 Å². The van der Waals surface area contributed by atoms with E-state index in [0.717, 1.165) is 44.5 Å². The molecule has 4 nitrogen and oxygen atoms in total. The molecule has 3 rings (SSSR count). The Labute approximate surface area is 174 Å². The van der Waals surface area contributed by atoms with Crippen LogP contribution in [0.25, 0.3) is 0 Å². The topological polar surface area (TPSA) is 55.6 Å². The highest BCUT2D eigenvalue weighted by molar-refractivity contribution is 5.85. The van der Waals surface area contributed by atoms with Crippen LogP contribution in [0, 0.1) is 5.92 Å². The second kappa shape index (κ2) is 11.2. The van der Waals surface area contributed by atoms with Gasteiger partial charge >= 0.3 is 0 Å². The van der Waals surface area contributed by atoms with Gasteiger partial charge in [-0.1, -0.05) is 67.6 Å². The van der Waals surface area contributed by atoms with Crippen molar-refractivity contribution >= 4 is 18.3 Å². The average molecular weight is 403 g/mol. The van der Waals surface area contributed by atoms with E-state index in [1.807, 2.05) is 48.2 Å². The lowest BCUT2D eigenvalue weighted by Crippen LogP contribution is -2.45. The molecule has 0 aliphatic carbocycles. The van der Waals surface area contributed by atoms with Crippen LogP contribution >= 0.6 is 12.4 Å². The van der Waals surface area contributed by atoms with E-state index >= 15 is 0 Å². The minimum Gasteiger partial charge on any atom is -0.378 e. The summed E-state index contributed by atoms with van der Waals surface area (Å²) < 4.78 is 6.03. The number of halogens is 1. The molecule has 5 heteroatoms. The molecule has 1 fully saturated rings. The summed E-state index contributed by atoms with van der Waals surface area (Å²) >= 11 is 0. The number of piperidine rings is 1. The molecule has 2 N–H and O–H groups in total. The molecular weight excluding hydrogens is 372 g/mol. The quantitative estimate of drug-likeness (QED) is 0.761. The molecule has 152 valence electrons. The lowest BCUT2D eigenvalue weighted by atomic mass is 9.93. The normalized spacial score (nSPS) is 16.9. The Morgan fingerprint density at radius 2 is 1.64 bits per heavy atom. The number of benzene rings is 2. The third-order valence-electron chi connectivity index (χ3n) is 5.45. The van der Waals surface area contributed by atoms with Gasteiger partial charge in [-0.2, -0.15) is 0 Å². The van der Waals surface area contributed by atoms with Crippen LogP contribution in [-0.2, 0) is 16.0 Å². The van der Waals surface area contributed by atoms with Crippen molar-refractivity contribution in [3.8, 4) is 0 Å². The molecule has 1 saturated heterocycles. The van der Waals surface area contributed by atoms with Gasteiger partial charge in [-0.05, 0) is 30.4 Å². The fraction of sp³-hybridized carbons (Fsp3) is 0.435. The highest BCUT2D eigenvalue weighted by atomic mass is 35.5. The summed E-state index contributed by atoms with van der Waals surface area (Å²) in [6, 6.07) is 20.0. The van der Waals surface area contributed by atoms with Crippen LogP contribution in [0.15, 0.2) is 60.7 Å². The molecule has 2 unspecified atom stereocenters. The molecule has 1 aliphatic rings. The van der Waals surface area contributed by atoms with Gasteiger partial charge < -0.3 is 15.4 Å². The third kappa shape index (κ3) is 6.06. The zero-order valence-corrected chi connectivity index (χ0v) is 17.3. The van der Waals surface area contributed by atoms with Gasteiger partial charge in [-0.25, -0.2) is 0 Å². The van der Waals surface area contributed by atoms with Crippen molar-refractivity contribution in [2.24, 2.45) is 11.7 Å². The van der Waals surface area contributed by atoms with Gasteiger partial charge in [0.2, 0.25) is 5.91 Å². The fourth-order valence-electron chi connectivity index (χ4n) is 3.64. The Balaban J connectivity index is 0.00000280. The van der Waals surface area contributed by atoms with Crippen LogP contribution in [-0.4, -0.2) is 36.6 Å². The van der Waals surface area contributed by atoms with Crippen LogP contribution in [0.1, 0.15) is 36.9 Å². The maximum Gasteiger partial charge on any atom is 0.227 e. The number of nitrogens with zero attached hydrogens (tertiary/aromatic N) is 1. The smallest absolute Gasteiger partial charge is 0.227 e. The molecule has 0 spiro atoms. The lowest BCUT2D eigenvalue weighted by Gasteiger charge is -2.34. The van der Waals surface area contributed by atoms with Gasteiger partial charge in [-0.15, -0.1) is 12.4 Å². The first-order chi connectivity index (χ1) is 13.1. The summed E-state index contributed by atoms with van der Waals surface area (Å²) in [6.45, 7) is 4.17. The molecule has 2 atom stereocenters. The molecule has 0 bridgehead atoms. The van der Waals surface area contributed by atoms with Gasteiger partial charge in [-0.3, -0.25) is 4.79 Å². The summed E-state index contributed by atoms with van der Waals surface area (Å²) in [6.07, 6.45) is 2.97. The zero-order valence-electron chi connectivity index (χ0n) is 16.5. The monoisotopic (exact) mass is 402 g/mol. The number of amides is 1. The van der Waals surface area contributed by atoms with E-state index < -0.39 is 0 Å².